The summed E-state index contributed by atoms with van der Waals surface area (Å²) < 4.78 is 25.2. The number of aromatic amines is 1. The van der Waals surface area contributed by atoms with Crippen LogP contribution in [0.1, 0.15) is 6.92 Å². The van der Waals surface area contributed by atoms with Crippen molar-refractivity contribution in [1.29, 1.82) is 0 Å². The standard InChI is InChI=1S/C23H22FN3O2/c1-15(25)22(14-28-18-5-3-2-4-6-18)29-19-11-12-21-20(13-19)23(27-26-21)16-7-9-17(24)10-8-16/h2-13,15,22H,14,25H2,1H3,(H,26,27). The molecule has 0 bridgehead atoms. The zero-order valence-corrected chi connectivity index (χ0v) is 16.0. The van der Waals surface area contributed by atoms with Gasteiger partial charge < -0.3 is 15.2 Å². The van der Waals surface area contributed by atoms with E-state index in [9.17, 15) is 4.39 Å². The Kier molecular flexibility index (Phi) is 5.44. The maximum atomic E-state index is 13.2. The lowest BCUT2D eigenvalue weighted by molar-refractivity contribution is 0.111. The second kappa shape index (κ2) is 8.32. The summed E-state index contributed by atoms with van der Waals surface area (Å²) in [6.07, 6.45) is -0.325. The van der Waals surface area contributed by atoms with E-state index < -0.39 is 0 Å². The molecule has 3 aromatic carbocycles. The van der Waals surface area contributed by atoms with Crippen LogP contribution >= 0.6 is 0 Å². The van der Waals surface area contributed by atoms with E-state index in [1.54, 1.807) is 12.1 Å². The van der Waals surface area contributed by atoms with E-state index in [0.717, 1.165) is 27.9 Å². The van der Waals surface area contributed by atoms with Gasteiger partial charge in [-0.25, -0.2) is 4.39 Å². The predicted molar refractivity (Wildman–Crippen MR) is 111 cm³/mol. The first kappa shape index (κ1) is 19.0. The smallest absolute Gasteiger partial charge is 0.147 e. The molecule has 0 saturated heterocycles. The van der Waals surface area contributed by atoms with Crippen molar-refractivity contribution in [2.75, 3.05) is 6.61 Å². The summed E-state index contributed by atoms with van der Waals surface area (Å²) in [7, 11) is 0. The molecule has 0 aliphatic carbocycles. The summed E-state index contributed by atoms with van der Waals surface area (Å²) in [5.41, 5.74) is 8.55. The van der Waals surface area contributed by atoms with Gasteiger partial charge in [0.2, 0.25) is 0 Å². The Labute approximate surface area is 168 Å². The first-order valence-electron chi connectivity index (χ1n) is 9.44. The van der Waals surface area contributed by atoms with Gasteiger partial charge in [-0.2, -0.15) is 5.10 Å². The molecule has 0 aliphatic heterocycles. The molecule has 2 atom stereocenters. The molecular formula is C23H22FN3O2. The number of fused-ring (bicyclic) bond motifs is 1. The Hall–Kier alpha value is -3.38. The number of aromatic nitrogens is 2. The Morgan fingerprint density at radius 1 is 1.00 bits per heavy atom. The van der Waals surface area contributed by atoms with Crippen molar-refractivity contribution in [2.45, 2.75) is 19.1 Å². The Bertz CT molecular complexity index is 1080. The summed E-state index contributed by atoms with van der Waals surface area (Å²) in [6, 6.07) is 21.3. The van der Waals surface area contributed by atoms with Crippen LogP contribution in [0.25, 0.3) is 22.2 Å². The lowest BCUT2D eigenvalue weighted by Gasteiger charge is -2.23. The van der Waals surface area contributed by atoms with Crippen molar-refractivity contribution < 1.29 is 13.9 Å². The van der Waals surface area contributed by atoms with Gasteiger partial charge in [-0.3, -0.25) is 5.10 Å². The molecule has 0 aliphatic rings. The van der Waals surface area contributed by atoms with E-state index in [0.29, 0.717) is 12.4 Å². The minimum Gasteiger partial charge on any atom is -0.490 e. The van der Waals surface area contributed by atoms with E-state index in [2.05, 4.69) is 10.2 Å². The molecule has 6 heteroatoms. The molecule has 5 nitrogen and oxygen atoms in total. The molecule has 148 valence electrons. The van der Waals surface area contributed by atoms with Crippen molar-refractivity contribution in [1.82, 2.24) is 10.2 Å². The molecular weight excluding hydrogens is 369 g/mol. The number of hydrogen-bond donors (Lipinski definition) is 2. The number of hydrogen-bond acceptors (Lipinski definition) is 4. The van der Waals surface area contributed by atoms with E-state index in [1.807, 2.05) is 55.5 Å². The topological polar surface area (TPSA) is 73.2 Å². The Balaban J connectivity index is 1.56. The maximum Gasteiger partial charge on any atom is 0.147 e. The summed E-state index contributed by atoms with van der Waals surface area (Å²) >= 11 is 0. The molecule has 4 aromatic rings. The molecule has 4 rings (SSSR count). The number of rotatable bonds is 7. The molecule has 1 heterocycles. The second-order valence-corrected chi connectivity index (χ2v) is 6.93. The van der Waals surface area contributed by atoms with E-state index >= 15 is 0 Å². The molecule has 0 radical (unpaired) electrons. The highest BCUT2D eigenvalue weighted by molar-refractivity contribution is 5.93. The Morgan fingerprint density at radius 3 is 2.48 bits per heavy atom. The highest BCUT2D eigenvalue weighted by Crippen LogP contribution is 2.30. The van der Waals surface area contributed by atoms with Crippen LogP contribution in [-0.4, -0.2) is 29.0 Å². The predicted octanol–water partition coefficient (Wildman–Crippen LogP) is 4.54. The fraction of sp³-hybridized carbons (Fsp3) is 0.174. The van der Waals surface area contributed by atoms with Crippen LogP contribution in [0, 0.1) is 5.82 Å². The number of nitrogens with two attached hydrogens (primary N) is 1. The quantitative estimate of drug-likeness (QED) is 0.485. The van der Waals surface area contributed by atoms with Gasteiger partial charge in [0.15, 0.2) is 0 Å². The van der Waals surface area contributed by atoms with Crippen LogP contribution in [0.15, 0.2) is 72.8 Å². The molecule has 0 amide bonds. The van der Waals surface area contributed by atoms with Gasteiger partial charge in [-0.15, -0.1) is 0 Å². The summed E-state index contributed by atoms with van der Waals surface area (Å²) in [4.78, 5) is 0. The zero-order valence-electron chi connectivity index (χ0n) is 16.0. The zero-order chi connectivity index (χ0) is 20.2. The van der Waals surface area contributed by atoms with E-state index in [-0.39, 0.29) is 18.0 Å². The second-order valence-electron chi connectivity index (χ2n) is 6.93. The van der Waals surface area contributed by atoms with Gasteiger partial charge in [0.1, 0.15) is 35.7 Å². The first-order valence-corrected chi connectivity index (χ1v) is 9.44. The minimum absolute atomic E-state index is 0.227. The maximum absolute atomic E-state index is 13.2. The number of nitrogens with zero attached hydrogens (tertiary/aromatic N) is 1. The minimum atomic E-state index is -0.325. The van der Waals surface area contributed by atoms with Crippen molar-refractivity contribution in [2.24, 2.45) is 5.73 Å². The molecule has 29 heavy (non-hydrogen) atoms. The van der Waals surface area contributed by atoms with Gasteiger partial charge in [0.05, 0.1) is 5.52 Å². The number of ether oxygens (including phenoxy) is 2. The van der Waals surface area contributed by atoms with Crippen molar-refractivity contribution in [3.05, 3.63) is 78.6 Å². The van der Waals surface area contributed by atoms with Crippen molar-refractivity contribution in [3.8, 4) is 22.8 Å². The summed E-state index contributed by atoms with van der Waals surface area (Å²) in [5.74, 6) is 1.16. The lowest BCUT2D eigenvalue weighted by atomic mass is 10.1. The van der Waals surface area contributed by atoms with E-state index in [1.165, 1.54) is 12.1 Å². The molecule has 1 aromatic heterocycles. The fourth-order valence-corrected chi connectivity index (χ4v) is 3.06. The van der Waals surface area contributed by atoms with Crippen molar-refractivity contribution in [3.63, 3.8) is 0 Å². The average molecular weight is 391 g/mol. The number of benzene rings is 3. The summed E-state index contributed by atoms with van der Waals surface area (Å²) in [6.45, 7) is 2.22. The van der Waals surface area contributed by atoms with Gasteiger partial charge in [0, 0.05) is 17.0 Å². The third-order valence-corrected chi connectivity index (χ3v) is 4.68. The van der Waals surface area contributed by atoms with Crippen LogP contribution in [0.4, 0.5) is 4.39 Å². The first-order chi connectivity index (χ1) is 14.1. The highest BCUT2D eigenvalue weighted by atomic mass is 19.1. The Morgan fingerprint density at radius 2 is 1.76 bits per heavy atom. The third kappa shape index (κ3) is 4.38. The molecule has 0 saturated carbocycles. The van der Waals surface area contributed by atoms with Gasteiger partial charge >= 0.3 is 0 Å². The number of nitrogens with one attached hydrogen (secondary N) is 1. The average Bonchev–Trinajstić information content (AvgIpc) is 3.15. The van der Waals surface area contributed by atoms with Gasteiger partial charge in [0.25, 0.3) is 0 Å². The lowest BCUT2D eigenvalue weighted by Crippen LogP contribution is -2.40. The number of para-hydroxylation sites is 1. The monoisotopic (exact) mass is 391 g/mol. The summed E-state index contributed by atoms with van der Waals surface area (Å²) in [5, 5.41) is 8.27. The largest absolute Gasteiger partial charge is 0.490 e. The fourth-order valence-electron chi connectivity index (χ4n) is 3.06. The van der Waals surface area contributed by atoms with Crippen LogP contribution in [-0.2, 0) is 0 Å². The van der Waals surface area contributed by atoms with Gasteiger partial charge in [-0.05, 0) is 61.5 Å². The number of halogens is 1. The van der Waals surface area contributed by atoms with E-state index in [4.69, 9.17) is 15.2 Å². The van der Waals surface area contributed by atoms with Crippen LogP contribution in [0.2, 0.25) is 0 Å². The molecule has 0 fully saturated rings. The normalized spacial score (nSPS) is 13.2. The third-order valence-electron chi connectivity index (χ3n) is 4.68. The molecule has 2 unspecified atom stereocenters. The van der Waals surface area contributed by atoms with Crippen LogP contribution in [0.3, 0.4) is 0 Å². The SMILES string of the molecule is CC(N)C(COc1ccccc1)Oc1ccc2[nH]nc(-c3ccc(F)cc3)c2c1. The molecule has 3 N–H and O–H groups in total. The molecule has 0 spiro atoms. The highest BCUT2D eigenvalue weighted by Gasteiger charge is 2.18. The number of H-pyrrole nitrogens is 1. The van der Waals surface area contributed by atoms with Crippen molar-refractivity contribution >= 4 is 10.9 Å². The van der Waals surface area contributed by atoms with Crippen LogP contribution in [0.5, 0.6) is 11.5 Å². The van der Waals surface area contributed by atoms with Crippen LogP contribution < -0.4 is 15.2 Å². The van der Waals surface area contributed by atoms with Gasteiger partial charge in [-0.1, -0.05) is 18.2 Å².